The second-order valence-electron chi connectivity index (χ2n) is 13.2. The number of esters is 1. The van der Waals surface area contributed by atoms with Crippen LogP contribution in [0, 0.1) is 45.8 Å². The van der Waals surface area contributed by atoms with E-state index in [2.05, 4.69) is 31.9 Å². The summed E-state index contributed by atoms with van der Waals surface area (Å²) in [5.41, 5.74) is 0.776. The summed E-state index contributed by atoms with van der Waals surface area (Å²) < 4.78 is 6.59. The van der Waals surface area contributed by atoms with E-state index in [1.54, 1.807) is 0 Å². The summed E-state index contributed by atoms with van der Waals surface area (Å²) in [6.45, 7) is 6.12. The Morgan fingerprint density at radius 2 is 1.72 bits per heavy atom. The number of ether oxygens (including phenoxy) is 1. The van der Waals surface area contributed by atoms with Crippen molar-refractivity contribution in [2.45, 2.75) is 83.8 Å². The second kappa shape index (κ2) is 8.58. The van der Waals surface area contributed by atoms with Gasteiger partial charge in [-0.3, -0.25) is 4.90 Å². The molecule has 5 nitrogen and oxygen atoms in total. The number of carbonyl (C=O) groups excluding carboxylic acids is 1. The van der Waals surface area contributed by atoms with Crippen LogP contribution in [-0.2, 0) is 9.53 Å². The smallest absolute Gasteiger partial charge is 0.362 e. The van der Waals surface area contributed by atoms with Crippen molar-refractivity contribution in [2.75, 3.05) is 41.3 Å². The molecule has 4 fully saturated rings. The van der Waals surface area contributed by atoms with Crippen molar-refractivity contribution in [3.05, 3.63) is 0 Å². The zero-order chi connectivity index (χ0) is 23.3. The molecule has 180 valence electrons. The highest BCUT2D eigenvalue weighted by Gasteiger charge is 2.60. The predicted molar refractivity (Wildman–Crippen MR) is 127 cm³/mol. The summed E-state index contributed by atoms with van der Waals surface area (Å²) in [7, 11) is 8.29. The van der Waals surface area contributed by atoms with Crippen LogP contribution in [0.25, 0.3) is 0 Å². The van der Waals surface area contributed by atoms with E-state index in [4.69, 9.17) is 4.74 Å². The fourth-order valence-corrected chi connectivity index (χ4v) is 8.85. The largest absolute Gasteiger partial charge is 0.458 e. The Labute approximate surface area is 196 Å². The lowest BCUT2D eigenvalue weighted by Crippen LogP contribution is -2.56. The predicted octanol–water partition coefficient (Wildman–Crippen LogP) is 4.47. The minimum absolute atomic E-state index is 0.0355. The molecule has 0 aromatic rings. The Morgan fingerprint density at radius 3 is 2.41 bits per heavy atom. The minimum atomic E-state index is -0.0355. The molecule has 4 saturated carbocycles. The molecule has 0 aromatic carbocycles. The van der Waals surface area contributed by atoms with Crippen LogP contribution in [0.5, 0.6) is 0 Å². The van der Waals surface area contributed by atoms with Gasteiger partial charge in [-0.2, -0.15) is 5.26 Å². The summed E-state index contributed by atoms with van der Waals surface area (Å²) in [6, 6.07) is 2.94. The lowest BCUT2D eigenvalue weighted by Gasteiger charge is -2.61. The van der Waals surface area contributed by atoms with Gasteiger partial charge in [-0.15, -0.1) is 0 Å². The van der Waals surface area contributed by atoms with Crippen molar-refractivity contribution < 1.29 is 14.0 Å². The number of hydrogen-bond donors (Lipinski definition) is 0. The van der Waals surface area contributed by atoms with Crippen LogP contribution >= 0.6 is 0 Å². The number of fused-ring (bicyclic) bond motifs is 5. The molecule has 0 N–H and O–H groups in total. The molecule has 32 heavy (non-hydrogen) atoms. The lowest BCUT2D eigenvalue weighted by molar-refractivity contribution is -0.862. The van der Waals surface area contributed by atoms with Crippen LogP contribution < -0.4 is 0 Å². The van der Waals surface area contributed by atoms with E-state index in [0.29, 0.717) is 40.4 Å². The molecule has 0 bridgehead atoms. The highest BCUT2D eigenvalue weighted by molar-refractivity contribution is 5.70. The summed E-state index contributed by atoms with van der Waals surface area (Å²) in [5.74, 6) is 3.13. The van der Waals surface area contributed by atoms with Gasteiger partial charge >= 0.3 is 5.97 Å². The van der Waals surface area contributed by atoms with E-state index in [-0.39, 0.29) is 12.1 Å². The maximum Gasteiger partial charge on any atom is 0.362 e. The van der Waals surface area contributed by atoms with E-state index >= 15 is 0 Å². The van der Waals surface area contributed by atoms with Gasteiger partial charge in [-0.25, -0.2) is 4.79 Å². The Kier molecular flexibility index (Phi) is 6.44. The van der Waals surface area contributed by atoms with Crippen molar-refractivity contribution in [1.82, 2.24) is 4.90 Å². The van der Waals surface area contributed by atoms with E-state index in [1.165, 1.54) is 44.9 Å². The third-order valence-corrected chi connectivity index (χ3v) is 10.3. The van der Waals surface area contributed by atoms with Gasteiger partial charge < -0.3 is 9.22 Å². The number of nitriles is 1. The summed E-state index contributed by atoms with van der Waals surface area (Å²) >= 11 is 0. The Balaban J connectivity index is 1.43. The zero-order valence-corrected chi connectivity index (χ0v) is 21.4. The number of rotatable bonds is 5. The molecular formula is C27H46N3O2+. The number of carbonyl (C=O) groups is 1. The average Bonchev–Trinajstić information content (AvgIpc) is 3.04. The molecular weight excluding hydrogens is 398 g/mol. The normalized spacial score (nSPS) is 43.7. The fraction of sp³-hybridized carbons (Fsp3) is 0.926. The zero-order valence-electron chi connectivity index (χ0n) is 21.4. The van der Waals surface area contributed by atoms with E-state index in [9.17, 15) is 10.1 Å². The molecule has 0 saturated heterocycles. The van der Waals surface area contributed by atoms with Crippen LogP contribution in [0.2, 0.25) is 0 Å². The van der Waals surface area contributed by atoms with Gasteiger partial charge in [-0.05, 0) is 99.3 Å². The highest BCUT2D eigenvalue weighted by Crippen LogP contribution is 2.66. The number of quaternary nitrogens is 1. The van der Waals surface area contributed by atoms with Crippen molar-refractivity contribution in [3.63, 3.8) is 0 Å². The monoisotopic (exact) mass is 444 g/mol. The molecule has 4 aliphatic carbocycles. The van der Waals surface area contributed by atoms with Crippen molar-refractivity contribution in [3.8, 4) is 6.07 Å². The molecule has 4 rings (SSSR count). The Hall–Kier alpha value is -1.12. The van der Waals surface area contributed by atoms with Crippen LogP contribution in [-0.4, -0.2) is 68.8 Å². The molecule has 8 atom stereocenters. The lowest BCUT2D eigenvalue weighted by atomic mass is 9.45. The SMILES string of the molecule is CN(CC#N)[C@H]1CC[C@@H]2[C@@H]3CC[C@H]4C[C@H](OC(=O)C[N+](C)(C)C)CC[C@@]4(C)[C@H]3CC[C@]21C. The molecule has 0 spiro atoms. The van der Waals surface area contributed by atoms with Crippen molar-refractivity contribution in [1.29, 1.82) is 5.26 Å². The summed E-state index contributed by atoms with van der Waals surface area (Å²) in [4.78, 5) is 14.8. The van der Waals surface area contributed by atoms with Crippen LogP contribution in [0.1, 0.15) is 71.6 Å². The fourth-order valence-electron chi connectivity index (χ4n) is 8.85. The second-order valence-corrected chi connectivity index (χ2v) is 13.2. The molecule has 0 aromatic heterocycles. The maximum absolute atomic E-state index is 12.4. The number of nitrogens with zero attached hydrogens (tertiary/aromatic N) is 3. The van der Waals surface area contributed by atoms with E-state index < -0.39 is 0 Å². The van der Waals surface area contributed by atoms with Gasteiger partial charge in [0.15, 0.2) is 6.54 Å². The van der Waals surface area contributed by atoms with E-state index in [1.807, 2.05) is 21.1 Å². The number of hydrogen-bond acceptors (Lipinski definition) is 4. The quantitative estimate of drug-likeness (QED) is 0.357. The third kappa shape index (κ3) is 4.23. The van der Waals surface area contributed by atoms with Gasteiger partial charge in [0.1, 0.15) is 6.10 Å². The Morgan fingerprint density at radius 1 is 1.03 bits per heavy atom. The first-order valence-electron chi connectivity index (χ1n) is 13.0. The molecule has 0 unspecified atom stereocenters. The van der Waals surface area contributed by atoms with Crippen molar-refractivity contribution in [2.24, 2.45) is 34.5 Å². The van der Waals surface area contributed by atoms with Gasteiger partial charge in [0.2, 0.25) is 0 Å². The first-order chi connectivity index (χ1) is 15.0. The van der Waals surface area contributed by atoms with Gasteiger partial charge in [-0.1, -0.05) is 13.8 Å². The van der Waals surface area contributed by atoms with Crippen LogP contribution in [0.3, 0.4) is 0 Å². The summed E-state index contributed by atoms with van der Waals surface area (Å²) in [5, 5.41) is 9.24. The topological polar surface area (TPSA) is 53.3 Å². The van der Waals surface area contributed by atoms with Crippen LogP contribution in [0.4, 0.5) is 0 Å². The standard InChI is InChI=1S/C27H46N3O2/c1-26-13-11-20(32-25(31)18-30(4,5)6)17-19(26)7-8-21-22-9-10-24(29(3)16-15-28)27(22,2)14-12-23(21)26/h19-24H,7-14,16-18H2,1-6H3/q+1/t19-,20+,21-,22+,23-,24-,26+,27+/m0/s1. The molecule has 4 aliphatic rings. The molecule has 0 amide bonds. The number of likely N-dealkylation sites (N-methyl/N-ethyl adjacent to an activating group) is 1. The first kappa shape index (κ1) is 24.0. The molecule has 0 radical (unpaired) electrons. The summed E-state index contributed by atoms with van der Waals surface area (Å²) in [6.07, 6.45) is 11.3. The molecule has 5 heteroatoms. The molecule has 0 aliphatic heterocycles. The minimum Gasteiger partial charge on any atom is -0.458 e. The van der Waals surface area contributed by atoms with Gasteiger partial charge in [0, 0.05) is 6.04 Å². The Bertz CT molecular complexity index is 755. The average molecular weight is 445 g/mol. The maximum atomic E-state index is 12.4. The first-order valence-corrected chi connectivity index (χ1v) is 13.0. The van der Waals surface area contributed by atoms with Gasteiger partial charge in [0.25, 0.3) is 0 Å². The molecule has 0 heterocycles. The third-order valence-electron chi connectivity index (χ3n) is 10.3. The van der Waals surface area contributed by atoms with Gasteiger partial charge in [0.05, 0.1) is 33.8 Å². The highest BCUT2D eigenvalue weighted by atomic mass is 16.5. The van der Waals surface area contributed by atoms with E-state index in [0.717, 1.165) is 30.6 Å². The van der Waals surface area contributed by atoms with Crippen LogP contribution in [0.15, 0.2) is 0 Å². The van der Waals surface area contributed by atoms with Crippen molar-refractivity contribution >= 4 is 5.97 Å².